The Balaban J connectivity index is 1.69. The van der Waals surface area contributed by atoms with Crippen molar-refractivity contribution in [2.75, 3.05) is 10.6 Å². The van der Waals surface area contributed by atoms with Gasteiger partial charge in [-0.1, -0.05) is 123 Å². The molecule has 1 atom stereocenters. The van der Waals surface area contributed by atoms with Crippen LogP contribution in [0.5, 0.6) is 0 Å². The number of alkyl halides is 2. The molecule has 0 aliphatic rings. The van der Waals surface area contributed by atoms with Crippen molar-refractivity contribution in [2.24, 2.45) is 0 Å². The van der Waals surface area contributed by atoms with Gasteiger partial charge in [0.25, 0.3) is 5.91 Å². The minimum atomic E-state index is -0.896. The van der Waals surface area contributed by atoms with E-state index < -0.39 is 5.54 Å². The second-order valence-corrected chi connectivity index (χ2v) is 10.2. The van der Waals surface area contributed by atoms with E-state index in [4.69, 9.17) is 0 Å². The number of anilines is 1. The van der Waals surface area contributed by atoms with E-state index in [1.807, 2.05) is 91.0 Å². The van der Waals surface area contributed by atoms with Gasteiger partial charge in [-0.15, -0.1) is 0 Å². The van der Waals surface area contributed by atoms with Gasteiger partial charge in [0.1, 0.15) is 5.54 Å². The van der Waals surface area contributed by atoms with Crippen molar-refractivity contribution in [2.45, 2.75) is 16.8 Å². The highest BCUT2D eigenvalue weighted by Gasteiger charge is 2.38. The maximum atomic E-state index is 13.7. The molecule has 2 N–H and O–H groups in total. The number of hydrogen-bond acceptors (Lipinski definition) is 2. The lowest BCUT2D eigenvalue weighted by molar-refractivity contribution is -0.115. The van der Waals surface area contributed by atoms with E-state index in [1.54, 1.807) is 24.3 Å². The van der Waals surface area contributed by atoms with Crippen molar-refractivity contribution in [3.8, 4) is 0 Å². The van der Waals surface area contributed by atoms with Crippen LogP contribution in [0.15, 0.2) is 115 Å². The molecule has 0 saturated carbocycles. The van der Waals surface area contributed by atoms with Crippen LogP contribution in [0.2, 0.25) is 0 Å². The molecule has 4 aromatic rings. The highest BCUT2D eigenvalue weighted by atomic mass is 79.9. The highest BCUT2D eigenvalue weighted by molar-refractivity contribution is 9.10. The van der Waals surface area contributed by atoms with Crippen LogP contribution in [0.4, 0.5) is 5.69 Å². The predicted molar refractivity (Wildman–Crippen MR) is 153 cm³/mol. The number of hydrogen-bond donors (Lipinski definition) is 2. The number of carbonyl (C=O) groups is 2. The van der Waals surface area contributed by atoms with Crippen LogP contribution in [0, 0.1) is 0 Å². The van der Waals surface area contributed by atoms with Crippen molar-refractivity contribution in [1.29, 1.82) is 0 Å². The first kappa shape index (κ1) is 25.9. The van der Waals surface area contributed by atoms with Crippen LogP contribution in [0.1, 0.15) is 33.5 Å². The first-order valence-electron chi connectivity index (χ1n) is 11.6. The summed E-state index contributed by atoms with van der Waals surface area (Å²) < 4.78 is 0. The lowest BCUT2D eigenvalue weighted by atomic mass is 9.77. The van der Waals surface area contributed by atoms with Gasteiger partial charge in [0, 0.05) is 16.6 Å². The van der Waals surface area contributed by atoms with Gasteiger partial charge in [-0.2, -0.15) is 0 Å². The molecule has 1 unspecified atom stereocenters. The zero-order valence-electron chi connectivity index (χ0n) is 19.5. The zero-order valence-corrected chi connectivity index (χ0v) is 22.7. The largest absolute Gasteiger partial charge is 0.334 e. The molecule has 0 radical (unpaired) electrons. The minimum absolute atomic E-state index is 0.122. The standard InChI is InChI=1S/C30H26Br2N2O2/c31-21-20-27(32)29(36)33-26-18-16-22(17-19-26)28(35)34-30(23-10-4-1-5-11-23,24-12-6-2-7-13-24)25-14-8-3-9-15-25/h1-19,27H,20-21H2,(H,33,36)(H,34,35). The summed E-state index contributed by atoms with van der Waals surface area (Å²) >= 11 is 6.74. The molecule has 0 spiro atoms. The second kappa shape index (κ2) is 12.2. The van der Waals surface area contributed by atoms with Crippen LogP contribution < -0.4 is 10.6 Å². The highest BCUT2D eigenvalue weighted by Crippen LogP contribution is 2.37. The summed E-state index contributed by atoms with van der Waals surface area (Å²) in [4.78, 5) is 25.7. The van der Waals surface area contributed by atoms with Gasteiger partial charge in [-0.05, 0) is 47.4 Å². The molecule has 0 fully saturated rings. The Kier molecular flexibility index (Phi) is 8.73. The zero-order chi connectivity index (χ0) is 25.4. The number of amides is 2. The van der Waals surface area contributed by atoms with Crippen molar-refractivity contribution in [1.82, 2.24) is 5.32 Å². The molecule has 0 bridgehead atoms. The summed E-state index contributed by atoms with van der Waals surface area (Å²) in [7, 11) is 0. The Hall–Kier alpha value is -3.22. The molecule has 4 aromatic carbocycles. The third kappa shape index (κ3) is 5.77. The first-order chi connectivity index (χ1) is 17.5. The Morgan fingerprint density at radius 1 is 0.694 bits per heavy atom. The van der Waals surface area contributed by atoms with Crippen molar-refractivity contribution in [3.05, 3.63) is 138 Å². The van der Waals surface area contributed by atoms with Crippen LogP contribution in [0.25, 0.3) is 0 Å². The summed E-state index contributed by atoms with van der Waals surface area (Å²) in [5, 5.41) is 6.96. The van der Waals surface area contributed by atoms with Gasteiger partial charge in [-0.3, -0.25) is 9.59 Å². The van der Waals surface area contributed by atoms with E-state index in [0.717, 1.165) is 22.0 Å². The molecule has 0 heterocycles. The molecule has 0 aromatic heterocycles. The summed E-state index contributed by atoms with van der Waals surface area (Å²) in [6.07, 6.45) is 0.673. The molecular weight excluding hydrogens is 580 g/mol. The summed E-state index contributed by atoms with van der Waals surface area (Å²) in [5.74, 6) is -0.343. The molecule has 2 amide bonds. The predicted octanol–water partition coefficient (Wildman–Crippen LogP) is 6.90. The Morgan fingerprint density at radius 2 is 1.14 bits per heavy atom. The fourth-order valence-electron chi connectivity index (χ4n) is 4.18. The van der Waals surface area contributed by atoms with Gasteiger partial charge in [0.05, 0.1) is 4.83 Å². The SMILES string of the molecule is O=C(NC(c1ccccc1)(c1ccccc1)c1ccccc1)c1ccc(NC(=O)C(Br)CCBr)cc1. The molecule has 36 heavy (non-hydrogen) atoms. The molecule has 0 saturated heterocycles. The number of nitrogens with one attached hydrogen (secondary N) is 2. The average Bonchev–Trinajstić information content (AvgIpc) is 2.93. The monoisotopic (exact) mass is 604 g/mol. The van der Waals surface area contributed by atoms with Crippen LogP contribution >= 0.6 is 31.9 Å². The summed E-state index contributed by atoms with van der Waals surface area (Å²) in [5.41, 5.74) is 3.10. The number of halogens is 2. The normalized spacial score (nSPS) is 11.9. The lowest BCUT2D eigenvalue weighted by Gasteiger charge is -2.37. The van der Waals surface area contributed by atoms with E-state index in [2.05, 4.69) is 42.5 Å². The Labute approximate surface area is 228 Å². The Bertz CT molecular complexity index is 1180. The smallest absolute Gasteiger partial charge is 0.252 e. The molecule has 0 aliphatic carbocycles. The second-order valence-electron chi connectivity index (χ2n) is 8.31. The topological polar surface area (TPSA) is 58.2 Å². The number of carbonyl (C=O) groups excluding carboxylic acids is 2. The lowest BCUT2D eigenvalue weighted by Crippen LogP contribution is -2.47. The van der Waals surface area contributed by atoms with Gasteiger partial charge < -0.3 is 10.6 Å². The summed E-state index contributed by atoms with van der Waals surface area (Å²) in [6, 6.07) is 36.9. The Morgan fingerprint density at radius 3 is 1.56 bits per heavy atom. The van der Waals surface area contributed by atoms with Crippen LogP contribution in [-0.2, 0) is 10.3 Å². The number of rotatable bonds is 9. The van der Waals surface area contributed by atoms with Gasteiger partial charge >= 0.3 is 0 Å². The third-order valence-electron chi connectivity index (χ3n) is 5.98. The van der Waals surface area contributed by atoms with Crippen molar-refractivity contribution in [3.63, 3.8) is 0 Å². The fourth-order valence-corrected chi connectivity index (χ4v) is 5.59. The average molecular weight is 606 g/mol. The van der Waals surface area contributed by atoms with Gasteiger partial charge in [0.2, 0.25) is 5.91 Å². The van der Waals surface area contributed by atoms with Gasteiger partial charge in [0.15, 0.2) is 0 Å². The molecule has 4 nitrogen and oxygen atoms in total. The van der Waals surface area contributed by atoms with Crippen LogP contribution in [0.3, 0.4) is 0 Å². The molecule has 182 valence electrons. The van der Waals surface area contributed by atoms with Gasteiger partial charge in [-0.25, -0.2) is 0 Å². The maximum Gasteiger partial charge on any atom is 0.252 e. The maximum absolute atomic E-state index is 13.7. The molecule has 4 rings (SSSR count). The van der Waals surface area contributed by atoms with E-state index in [9.17, 15) is 9.59 Å². The molecule has 6 heteroatoms. The van der Waals surface area contributed by atoms with Crippen molar-refractivity contribution < 1.29 is 9.59 Å². The summed E-state index contributed by atoms with van der Waals surface area (Å²) in [6.45, 7) is 0. The van der Waals surface area contributed by atoms with E-state index >= 15 is 0 Å². The van der Waals surface area contributed by atoms with E-state index in [1.165, 1.54) is 0 Å². The number of benzene rings is 4. The fraction of sp³-hybridized carbons (Fsp3) is 0.133. The third-order valence-corrected chi connectivity index (χ3v) is 7.31. The van der Waals surface area contributed by atoms with Crippen LogP contribution in [-0.4, -0.2) is 22.0 Å². The van der Waals surface area contributed by atoms with E-state index in [-0.39, 0.29) is 16.6 Å². The molecule has 0 aliphatic heterocycles. The van der Waals surface area contributed by atoms with E-state index in [0.29, 0.717) is 17.7 Å². The van der Waals surface area contributed by atoms with Crippen molar-refractivity contribution >= 4 is 49.4 Å². The molecular formula is C30H26Br2N2O2. The quantitative estimate of drug-likeness (QED) is 0.161. The first-order valence-corrected chi connectivity index (χ1v) is 13.7. The minimum Gasteiger partial charge on any atom is -0.334 e.